The van der Waals surface area contributed by atoms with Crippen LogP contribution < -0.4 is 0 Å². The van der Waals surface area contributed by atoms with E-state index in [-0.39, 0.29) is 5.41 Å². The molecule has 0 aromatic rings. The van der Waals surface area contributed by atoms with Gasteiger partial charge in [-0.2, -0.15) is 0 Å². The van der Waals surface area contributed by atoms with E-state index in [1.807, 2.05) is 0 Å². The molecule has 0 aromatic carbocycles. The van der Waals surface area contributed by atoms with Crippen LogP contribution in [0.2, 0.25) is 12.1 Å². The summed E-state index contributed by atoms with van der Waals surface area (Å²) in [6, 6.07) is 2.14. The molecule has 0 aliphatic carbocycles. The lowest BCUT2D eigenvalue weighted by Crippen LogP contribution is -2.44. The summed E-state index contributed by atoms with van der Waals surface area (Å²) in [4.78, 5) is 0. The van der Waals surface area contributed by atoms with E-state index in [9.17, 15) is 0 Å². The SMILES string of the molecule is CO[Si](CC(C)C)(CC(C)(C)C)OC. The van der Waals surface area contributed by atoms with Gasteiger partial charge in [-0.3, -0.25) is 0 Å². The number of hydrogen-bond donors (Lipinski definition) is 0. The van der Waals surface area contributed by atoms with Gasteiger partial charge in [-0.1, -0.05) is 34.6 Å². The molecule has 0 unspecified atom stereocenters. The van der Waals surface area contributed by atoms with Gasteiger partial charge in [0, 0.05) is 14.2 Å². The summed E-state index contributed by atoms with van der Waals surface area (Å²) in [6.45, 7) is 11.2. The van der Waals surface area contributed by atoms with Gasteiger partial charge in [-0.25, -0.2) is 0 Å². The second-order valence-corrected chi connectivity index (χ2v) is 9.05. The molecule has 0 saturated carbocycles. The van der Waals surface area contributed by atoms with Crippen molar-refractivity contribution in [3.63, 3.8) is 0 Å². The molecule has 0 aromatic heterocycles. The van der Waals surface area contributed by atoms with E-state index in [4.69, 9.17) is 8.85 Å². The second-order valence-electron chi connectivity index (χ2n) is 5.65. The third-order valence-electron chi connectivity index (χ3n) is 2.26. The van der Waals surface area contributed by atoms with Crippen LogP contribution >= 0.6 is 0 Å². The predicted octanol–water partition coefficient (Wildman–Crippen LogP) is 3.42. The Morgan fingerprint density at radius 3 is 1.71 bits per heavy atom. The number of rotatable bonds is 5. The molecule has 0 radical (unpaired) electrons. The van der Waals surface area contributed by atoms with Gasteiger partial charge in [0.25, 0.3) is 0 Å². The van der Waals surface area contributed by atoms with Crippen LogP contribution in [0.5, 0.6) is 0 Å². The minimum Gasteiger partial charge on any atom is -0.398 e. The van der Waals surface area contributed by atoms with Crippen molar-refractivity contribution < 1.29 is 8.85 Å². The molecule has 0 saturated heterocycles. The Hall–Kier alpha value is 0.137. The fourth-order valence-electron chi connectivity index (χ4n) is 1.90. The van der Waals surface area contributed by atoms with Gasteiger partial charge in [0.05, 0.1) is 0 Å². The average Bonchev–Trinajstić information content (AvgIpc) is 1.99. The molecule has 0 atom stereocenters. The Labute approximate surface area is 90.2 Å². The van der Waals surface area contributed by atoms with Crippen molar-refractivity contribution >= 4 is 8.56 Å². The highest BCUT2D eigenvalue weighted by Crippen LogP contribution is 2.32. The van der Waals surface area contributed by atoms with Crippen molar-refractivity contribution in [3.8, 4) is 0 Å². The van der Waals surface area contributed by atoms with Gasteiger partial charge in [0.2, 0.25) is 0 Å². The largest absolute Gasteiger partial charge is 0.398 e. The zero-order chi connectivity index (χ0) is 11.4. The van der Waals surface area contributed by atoms with Gasteiger partial charge < -0.3 is 8.85 Å². The molecule has 0 bridgehead atoms. The van der Waals surface area contributed by atoms with Crippen molar-refractivity contribution in [1.29, 1.82) is 0 Å². The topological polar surface area (TPSA) is 18.5 Å². The van der Waals surface area contributed by atoms with Crippen molar-refractivity contribution in [2.24, 2.45) is 11.3 Å². The molecule has 0 aliphatic rings. The Morgan fingerprint density at radius 1 is 1.07 bits per heavy atom. The standard InChI is InChI=1S/C11H26O2Si/c1-10(2)8-14(12-6,13-7)9-11(3,4)5/h10H,8-9H2,1-7H3. The van der Waals surface area contributed by atoms with Crippen LogP contribution in [-0.4, -0.2) is 22.8 Å². The van der Waals surface area contributed by atoms with Crippen LogP contribution in [0.4, 0.5) is 0 Å². The first kappa shape index (κ1) is 14.1. The zero-order valence-corrected chi connectivity index (χ0v) is 11.8. The van der Waals surface area contributed by atoms with E-state index in [1.165, 1.54) is 0 Å². The van der Waals surface area contributed by atoms with Gasteiger partial charge in [0.1, 0.15) is 0 Å². The monoisotopic (exact) mass is 218 g/mol. The smallest absolute Gasteiger partial charge is 0.338 e. The van der Waals surface area contributed by atoms with Crippen molar-refractivity contribution in [2.75, 3.05) is 14.2 Å². The summed E-state index contributed by atoms with van der Waals surface area (Å²) < 4.78 is 11.4. The first-order valence-corrected chi connectivity index (χ1v) is 7.58. The van der Waals surface area contributed by atoms with Crippen LogP contribution in [0.1, 0.15) is 34.6 Å². The Balaban J connectivity index is 4.53. The molecule has 0 fully saturated rings. The second kappa shape index (κ2) is 5.28. The lowest BCUT2D eigenvalue weighted by molar-refractivity contribution is 0.219. The molecule has 14 heavy (non-hydrogen) atoms. The summed E-state index contributed by atoms with van der Waals surface area (Å²) in [6.07, 6.45) is 0. The van der Waals surface area contributed by atoms with E-state index >= 15 is 0 Å². The fourth-order valence-corrected chi connectivity index (χ4v) is 5.69. The summed E-state index contributed by atoms with van der Waals surface area (Å²) in [5.41, 5.74) is 0.285. The number of hydrogen-bond acceptors (Lipinski definition) is 2. The highest BCUT2D eigenvalue weighted by Gasteiger charge is 2.40. The maximum atomic E-state index is 5.69. The molecule has 0 N–H and O–H groups in total. The first-order valence-electron chi connectivity index (χ1n) is 5.35. The van der Waals surface area contributed by atoms with E-state index in [2.05, 4.69) is 34.6 Å². The predicted molar refractivity (Wildman–Crippen MR) is 63.7 cm³/mol. The summed E-state index contributed by atoms with van der Waals surface area (Å²) in [7, 11) is 1.65. The minimum atomic E-state index is -1.94. The summed E-state index contributed by atoms with van der Waals surface area (Å²) in [5, 5.41) is 0. The van der Waals surface area contributed by atoms with Gasteiger partial charge >= 0.3 is 8.56 Å². The van der Waals surface area contributed by atoms with Crippen molar-refractivity contribution in [2.45, 2.75) is 46.7 Å². The molecule has 0 spiro atoms. The molecule has 0 amide bonds. The molecular formula is C11H26O2Si. The van der Waals surface area contributed by atoms with E-state index < -0.39 is 8.56 Å². The molecule has 3 heteroatoms. The van der Waals surface area contributed by atoms with Crippen LogP contribution in [0.3, 0.4) is 0 Å². The summed E-state index contributed by atoms with van der Waals surface area (Å²) >= 11 is 0. The maximum Gasteiger partial charge on any atom is 0.338 e. The molecule has 0 aliphatic heterocycles. The average molecular weight is 218 g/mol. The normalized spacial score (nSPS) is 13.7. The molecule has 0 rings (SSSR count). The molecule has 0 heterocycles. The third kappa shape index (κ3) is 5.13. The van der Waals surface area contributed by atoms with Gasteiger partial charge in [-0.05, 0) is 23.4 Å². The lowest BCUT2D eigenvalue weighted by Gasteiger charge is -2.34. The van der Waals surface area contributed by atoms with E-state index in [0.717, 1.165) is 12.1 Å². The highest BCUT2D eigenvalue weighted by molar-refractivity contribution is 6.67. The van der Waals surface area contributed by atoms with Crippen LogP contribution in [0.15, 0.2) is 0 Å². The summed E-state index contributed by atoms with van der Waals surface area (Å²) in [5.74, 6) is 0.643. The van der Waals surface area contributed by atoms with Crippen LogP contribution in [0.25, 0.3) is 0 Å². The Morgan fingerprint density at radius 2 is 1.50 bits per heavy atom. The highest BCUT2D eigenvalue weighted by atomic mass is 28.4. The Kier molecular flexibility index (Phi) is 5.34. The molecule has 2 nitrogen and oxygen atoms in total. The third-order valence-corrected chi connectivity index (χ3v) is 6.79. The fraction of sp³-hybridized carbons (Fsp3) is 1.00. The van der Waals surface area contributed by atoms with E-state index in [0.29, 0.717) is 5.92 Å². The van der Waals surface area contributed by atoms with Crippen molar-refractivity contribution in [3.05, 3.63) is 0 Å². The minimum absolute atomic E-state index is 0.285. The Bertz CT molecular complexity index is 157. The van der Waals surface area contributed by atoms with Crippen LogP contribution in [-0.2, 0) is 8.85 Å². The first-order chi connectivity index (χ1) is 6.24. The zero-order valence-electron chi connectivity index (χ0n) is 10.8. The van der Waals surface area contributed by atoms with E-state index in [1.54, 1.807) is 14.2 Å². The maximum absolute atomic E-state index is 5.69. The van der Waals surface area contributed by atoms with Crippen LogP contribution in [0, 0.1) is 11.3 Å². The quantitative estimate of drug-likeness (QED) is 0.658. The molecular weight excluding hydrogens is 192 g/mol. The van der Waals surface area contributed by atoms with Gasteiger partial charge in [0.15, 0.2) is 0 Å². The van der Waals surface area contributed by atoms with Gasteiger partial charge in [-0.15, -0.1) is 0 Å². The lowest BCUT2D eigenvalue weighted by atomic mass is 10.0. The molecule has 86 valence electrons. The van der Waals surface area contributed by atoms with Crippen molar-refractivity contribution in [1.82, 2.24) is 0 Å².